The Labute approximate surface area is 126 Å². The van der Waals surface area contributed by atoms with Crippen LogP contribution in [-0.2, 0) is 13.2 Å². The van der Waals surface area contributed by atoms with Gasteiger partial charge >= 0.3 is 0 Å². The molecule has 0 saturated heterocycles. The number of pyridine rings is 1. The van der Waals surface area contributed by atoms with E-state index in [1.54, 1.807) is 7.11 Å². The fraction of sp³-hybridized carbons (Fsp3) is 0.353. The van der Waals surface area contributed by atoms with E-state index < -0.39 is 0 Å². The van der Waals surface area contributed by atoms with Gasteiger partial charge in [-0.05, 0) is 23.8 Å². The molecule has 0 fully saturated rings. The minimum atomic E-state index is 0.438. The molecular weight excluding hydrogens is 264 g/mol. The summed E-state index contributed by atoms with van der Waals surface area (Å²) in [5.41, 5.74) is 2.04. The van der Waals surface area contributed by atoms with Crippen LogP contribution in [0.3, 0.4) is 0 Å². The number of benzene rings is 1. The maximum absolute atomic E-state index is 5.74. The van der Waals surface area contributed by atoms with Crippen LogP contribution in [0.25, 0.3) is 0 Å². The van der Waals surface area contributed by atoms with Crippen LogP contribution in [0.4, 0.5) is 0 Å². The molecule has 112 valence electrons. The van der Waals surface area contributed by atoms with E-state index in [9.17, 15) is 0 Å². The minimum Gasteiger partial charge on any atom is -0.497 e. The Kier molecular flexibility index (Phi) is 5.58. The highest BCUT2D eigenvalue weighted by Crippen LogP contribution is 2.15. The summed E-state index contributed by atoms with van der Waals surface area (Å²) in [7, 11) is 1.66. The molecule has 0 unspecified atom stereocenters. The molecule has 21 heavy (non-hydrogen) atoms. The molecule has 1 aromatic carbocycles. The number of hydrogen-bond acceptors (Lipinski definition) is 4. The molecule has 2 aromatic rings. The Morgan fingerprint density at radius 1 is 1.14 bits per heavy atom. The number of hydrogen-bond donors (Lipinski definition) is 1. The lowest BCUT2D eigenvalue weighted by Gasteiger charge is -2.10. The van der Waals surface area contributed by atoms with Crippen LogP contribution in [0.15, 0.2) is 42.5 Å². The number of ether oxygens (including phenoxy) is 2. The van der Waals surface area contributed by atoms with E-state index in [-0.39, 0.29) is 0 Å². The van der Waals surface area contributed by atoms with Gasteiger partial charge in [0.25, 0.3) is 0 Å². The van der Waals surface area contributed by atoms with Crippen molar-refractivity contribution >= 4 is 0 Å². The zero-order valence-electron chi connectivity index (χ0n) is 12.8. The molecule has 0 radical (unpaired) electrons. The lowest BCUT2D eigenvalue weighted by Crippen LogP contribution is -2.22. The molecule has 0 saturated carbocycles. The van der Waals surface area contributed by atoms with Crippen molar-refractivity contribution in [2.24, 2.45) is 0 Å². The van der Waals surface area contributed by atoms with E-state index in [4.69, 9.17) is 9.47 Å². The SMILES string of the molecule is COc1cccc(COc2cccc(CNC(C)C)n2)c1. The molecule has 0 aliphatic heterocycles. The summed E-state index contributed by atoms with van der Waals surface area (Å²) < 4.78 is 10.9. The van der Waals surface area contributed by atoms with Crippen LogP contribution in [-0.4, -0.2) is 18.1 Å². The van der Waals surface area contributed by atoms with E-state index in [0.717, 1.165) is 23.6 Å². The number of aromatic nitrogens is 1. The third-order valence-corrected chi connectivity index (χ3v) is 2.99. The molecule has 4 nitrogen and oxygen atoms in total. The van der Waals surface area contributed by atoms with Crippen molar-refractivity contribution in [3.63, 3.8) is 0 Å². The lowest BCUT2D eigenvalue weighted by atomic mass is 10.2. The second-order valence-corrected chi connectivity index (χ2v) is 5.14. The molecule has 0 aliphatic carbocycles. The summed E-state index contributed by atoms with van der Waals surface area (Å²) in [5.74, 6) is 1.47. The molecule has 1 heterocycles. The van der Waals surface area contributed by atoms with Gasteiger partial charge in [-0.15, -0.1) is 0 Å². The normalized spacial score (nSPS) is 10.7. The average molecular weight is 286 g/mol. The second kappa shape index (κ2) is 7.64. The fourth-order valence-corrected chi connectivity index (χ4v) is 1.86. The average Bonchev–Trinajstić information content (AvgIpc) is 2.51. The van der Waals surface area contributed by atoms with Crippen LogP contribution < -0.4 is 14.8 Å². The lowest BCUT2D eigenvalue weighted by molar-refractivity contribution is 0.292. The Balaban J connectivity index is 1.94. The summed E-state index contributed by atoms with van der Waals surface area (Å²) in [6, 6.07) is 14.1. The molecule has 1 N–H and O–H groups in total. The zero-order chi connectivity index (χ0) is 15.1. The van der Waals surface area contributed by atoms with Crippen LogP contribution in [0.5, 0.6) is 11.6 Å². The van der Waals surface area contributed by atoms with Gasteiger partial charge in [0.05, 0.1) is 12.8 Å². The molecule has 2 rings (SSSR count). The van der Waals surface area contributed by atoms with E-state index in [0.29, 0.717) is 18.5 Å². The summed E-state index contributed by atoms with van der Waals surface area (Å²) in [6.07, 6.45) is 0. The third kappa shape index (κ3) is 5.08. The first-order valence-electron chi connectivity index (χ1n) is 7.12. The third-order valence-electron chi connectivity index (χ3n) is 2.99. The molecule has 4 heteroatoms. The Morgan fingerprint density at radius 2 is 1.95 bits per heavy atom. The van der Waals surface area contributed by atoms with Crippen molar-refractivity contribution in [2.45, 2.75) is 33.0 Å². The number of nitrogens with one attached hydrogen (secondary N) is 1. The molecule has 1 aromatic heterocycles. The fourth-order valence-electron chi connectivity index (χ4n) is 1.86. The summed E-state index contributed by atoms with van der Waals surface area (Å²) >= 11 is 0. The highest BCUT2D eigenvalue weighted by molar-refractivity contribution is 5.28. The van der Waals surface area contributed by atoms with Crippen molar-refractivity contribution in [2.75, 3.05) is 7.11 Å². The van der Waals surface area contributed by atoms with Crippen LogP contribution in [0.2, 0.25) is 0 Å². The van der Waals surface area contributed by atoms with Crippen LogP contribution in [0, 0.1) is 0 Å². The van der Waals surface area contributed by atoms with Gasteiger partial charge in [-0.1, -0.05) is 32.0 Å². The zero-order valence-corrected chi connectivity index (χ0v) is 12.8. The topological polar surface area (TPSA) is 43.4 Å². The molecule has 0 amide bonds. The van der Waals surface area contributed by atoms with Gasteiger partial charge in [0, 0.05) is 18.7 Å². The highest BCUT2D eigenvalue weighted by atomic mass is 16.5. The van der Waals surface area contributed by atoms with Crippen molar-refractivity contribution in [3.05, 3.63) is 53.7 Å². The molecule has 0 spiro atoms. The molecule has 0 atom stereocenters. The maximum atomic E-state index is 5.74. The first-order valence-corrected chi connectivity index (χ1v) is 7.12. The number of methoxy groups -OCH3 is 1. The quantitative estimate of drug-likeness (QED) is 0.849. The Morgan fingerprint density at radius 3 is 2.71 bits per heavy atom. The van der Waals surface area contributed by atoms with Gasteiger partial charge in [0.1, 0.15) is 12.4 Å². The van der Waals surface area contributed by atoms with E-state index in [1.807, 2.05) is 42.5 Å². The molecule has 0 bridgehead atoms. The number of nitrogens with zero attached hydrogens (tertiary/aromatic N) is 1. The summed E-state index contributed by atoms with van der Waals surface area (Å²) in [5, 5.41) is 3.34. The number of rotatable bonds is 7. The van der Waals surface area contributed by atoms with Gasteiger partial charge in [-0.2, -0.15) is 0 Å². The monoisotopic (exact) mass is 286 g/mol. The Bertz CT molecular complexity index is 570. The van der Waals surface area contributed by atoms with Gasteiger partial charge in [-0.3, -0.25) is 0 Å². The molecule has 0 aliphatic rings. The second-order valence-electron chi connectivity index (χ2n) is 5.14. The van der Waals surface area contributed by atoms with E-state index in [2.05, 4.69) is 24.1 Å². The highest BCUT2D eigenvalue weighted by Gasteiger charge is 2.02. The van der Waals surface area contributed by atoms with Crippen molar-refractivity contribution in [1.29, 1.82) is 0 Å². The first kappa shape index (κ1) is 15.3. The van der Waals surface area contributed by atoms with Crippen LogP contribution in [0.1, 0.15) is 25.1 Å². The maximum Gasteiger partial charge on any atom is 0.213 e. The van der Waals surface area contributed by atoms with Crippen LogP contribution >= 0.6 is 0 Å². The van der Waals surface area contributed by atoms with Gasteiger partial charge in [0.2, 0.25) is 5.88 Å². The molecular formula is C17H22N2O2. The van der Waals surface area contributed by atoms with E-state index in [1.165, 1.54) is 0 Å². The van der Waals surface area contributed by atoms with Gasteiger partial charge in [0.15, 0.2) is 0 Å². The van der Waals surface area contributed by atoms with Gasteiger partial charge < -0.3 is 14.8 Å². The Hall–Kier alpha value is -2.07. The largest absolute Gasteiger partial charge is 0.497 e. The van der Waals surface area contributed by atoms with Crippen molar-refractivity contribution in [1.82, 2.24) is 10.3 Å². The standard InChI is InChI=1S/C17H22N2O2/c1-13(2)18-11-15-7-5-9-17(19-15)21-12-14-6-4-8-16(10-14)20-3/h4-10,13,18H,11-12H2,1-3H3. The van der Waals surface area contributed by atoms with Gasteiger partial charge in [-0.25, -0.2) is 4.98 Å². The predicted octanol–water partition coefficient (Wildman–Crippen LogP) is 3.17. The summed E-state index contributed by atoms with van der Waals surface area (Å²) in [4.78, 5) is 4.49. The van der Waals surface area contributed by atoms with Crippen molar-refractivity contribution < 1.29 is 9.47 Å². The first-order chi connectivity index (χ1) is 10.2. The van der Waals surface area contributed by atoms with Crippen molar-refractivity contribution in [3.8, 4) is 11.6 Å². The predicted molar refractivity (Wildman–Crippen MR) is 83.5 cm³/mol. The minimum absolute atomic E-state index is 0.438. The van der Waals surface area contributed by atoms with E-state index >= 15 is 0 Å². The summed E-state index contributed by atoms with van der Waals surface area (Å²) in [6.45, 7) is 5.45. The smallest absolute Gasteiger partial charge is 0.213 e.